The van der Waals surface area contributed by atoms with Crippen LogP contribution in [-0.2, 0) is 12.8 Å². The molecule has 0 fully saturated rings. The SMILES string of the molecule is CCc1cccc(CC)c1Nc1cc(C(=O)NC(C)(C)C)ncn1. The number of amides is 1. The number of hydrogen-bond donors (Lipinski definition) is 2. The topological polar surface area (TPSA) is 66.9 Å². The van der Waals surface area contributed by atoms with E-state index in [0.717, 1.165) is 18.5 Å². The number of carbonyl (C=O) groups is 1. The Balaban J connectivity index is 2.29. The summed E-state index contributed by atoms with van der Waals surface area (Å²) in [6.45, 7) is 10.1. The normalized spacial score (nSPS) is 11.2. The highest BCUT2D eigenvalue weighted by Crippen LogP contribution is 2.25. The number of aryl methyl sites for hydroxylation is 2. The van der Waals surface area contributed by atoms with Crippen LogP contribution in [0.3, 0.4) is 0 Å². The van der Waals surface area contributed by atoms with Gasteiger partial charge in [-0.25, -0.2) is 9.97 Å². The second kappa shape index (κ2) is 7.43. The van der Waals surface area contributed by atoms with Gasteiger partial charge in [0.2, 0.25) is 0 Å². The van der Waals surface area contributed by atoms with Gasteiger partial charge in [0.1, 0.15) is 17.8 Å². The quantitative estimate of drug-likeness (QED) is 0.875. The van der Waals surface area contributed by atoms with Crippen molar-refractivity contribution in [3.8, 4) is 0 Å². The molecule has 2 rings (SSSR count). The fourth-order valence-corrected chi connectivity index (χ4v) is 2.49. The maximum absolute atomic E-state index is 12.3. The van der Waals surface area contributed by atoms with Crippen LogP contribution in [0.25, 0.3) is 0 Å². The second-order valence-corrected chi connectivity index (χ2v) is 6.78. The summed E-state index contributed by atoms with van der Waals surface area (Å²) in [5, 5.41) is 6.28. The zero-order chi connectivity index (χ0) is 17.7. The van der Waals surface area contributed by atoms with Gasteiger partial charge < -0.3 is 10.6 Å². The zero-order valence-corrected chi connectivity index (χ0v) is 15.1. The first kappa shape index (κ1) is 17.9. The maximum atomic E-state index is 12.3. The monoisotopic (exact) mass is 326 g/mol. The molecule has 24 heavy (non-hydrogen) atoms. The maximum Gasteiger partial charge on any atom is 0.270 e. The zero-order valence-electron chi connectivity index (χ0n) is 15.1. The Morgan fingerprint density at radius 1 is 1.08 bits per heavy atom. The number of carbonyl (C=O) groups excluding carboxylic acids is 1. The molecule has 1 amide bonds. The molecule has 1 aromatic carbocycles. The molecule has 0 radical (unpaired) electrons. The Morgan fingerprint density at radius 2 is 1.71 bits per heavy atom. The van der Waals surface area contributed by atoms with E-state index in [1.807, 2.05) is 20.8 Å². The minimum atomic E-state index is -0.306. The van der Waals surface area contributed by atoms with Gasteiger partial charge in [0.25, 0.3) is 5.91 Å². The van der Waals surface area contributed by atoms with Gasteiger partial charge in [0.05, 0.1) is 0 Å². The third-order valence-corrected chi connectivity index (χ3v) is 3.64. The van der Waals surface area contributed by atoms with Crippen molar-refractivity contribution < 1.29 is 4.79 Å². The van der Waals surface area contributed by atoms with E-state index in [9.17, 15) is 4.79 Å². The van der Waals surface area contributed by atoms with Crippen LogP contribution in [0, 0.1) is 0 Å². The summed E-state index contributed by atoms with van der Waals surface area (Å²) in [6.07, 6.45) is 3.28. The van der Waals surface area contributed by atoms with Crippen LogP contribution in [0.2, 0.25) is 0 Å². The first-order chi connectivity index (χ1) is 11.3. The van der Waals surface area contributed by atoms with E-state index in [4.69, 9.17) is 0 Å². The molecular weight excluding hydrogens is 300 g/mol. The molecule has 0 aliphatic heterocycles. The number of para-hydroxylation sites is 1. The van der Waals surface area contributed by atoms with Gasteiger partial charge >= 0.3 is 0 Å². The summed E-state index contributed by atoms with van der Waals surface area (Å²) in [5.41, 5.74) is 3.58. The molecule has 0 unspecified atom stereocenters. The summed E-state index contributed by atoms with van der Waals surface area (Å²) in [7, 11) is 0. The largest absolute Gasteiger partial charge is 0.346 e. The average Bonchev–Trinajstić information content (AvgIpc) is 2.53. The van der Waals surface area contributed by atoms with Crippen molar-refractivity contribution in [1.29, 1.82) is 0 Å². The number of rotatable bonds is 5. The van der Waals surface area contributed by atoms with Crippen LogP contribution in [0.15, 0.2) is 30.6 Å². The Kier molecular flexibility index (Phi) is 5.54. The van der Waals surface area contributed by atoms with E-state index < -0.39 is 0 Å². The van der Waals surface area contributed by atoms with E-state index in [1.165, 1.54) is 17.5 Å². The summed E-state index contributed by atoms with van der Waals surface area (Å²) in [6, 6.07) is 7.98. The van der Waals surface area contributed by atoms with Crippen LogP contribution in [0.4, 0.5) is 11.5 Å². The summed E-state index contributed by atoms with van der Waals surface area (Å²) < 4.78 is 0. The summed E-state index contributed by atoms with van der Waals surface area (Å²) in [4.78, 5) is 20.6. The first-order valence-corrected chi connectivity index (χ1v) is 8.36. The van der Waals surface area contributed by atoms with Crippen LogP contribution < -0.4 is 10.6 Å². The highest BCUT2D eigenvalue weighted by atomic mass is 16.2. The Bertz CT molecular complexity index is 697. The van der Waals surface area contributed by atoms with Crippen LogP contribution >= 0.6 is 0 Å². The average molecular weight is 326 g/mol. The molecule has 2 N–H and O–H groups in total. The smallest absolute Gasteiger partial charge is 0.270 e. The molecule has 1 heterocycles. The van der Waals surface area contributed by atoms with Gasteiger partial charge in [0.15, 0.2) is 0 Å². The minimum Gasteiger partial charge on any atom is -0.346 e. The highest BCUT2D eigenvalue weighted by molar-refractivity contribution is 5.93. The Labute approximate surface area is 143 Å². The third kappa shape index (κ3) is 4.54. The number of benzene rings is 1. The van der Waals surface area contributed by atoms with Gasteiger partial charge in [0, 0.05) is 17.3 Å². The molecule has 128 valence electrons. The number of nitrogens with one attached hydrogen (secondary N) is 2. The molecule has 1 aromatic heterocycles. The van der Waals surface area contributed by atoms with E-state index in [1.54, 1.807) is 6.07 Å². The molecule has 5 nitrogen and oxygen atoms in total. The van der Waals surface area contributed by atoms with Crippen molar-refractivity contribution in [2.45, 2.75) is 53.0 Å². The molecule has 5 heteroatoms. The number of anilines is 2. The Hall–Kier alpha value is -2.43. The number of aromatic nitrogens is 2. The lowest BCUT2D eigenvalue weighted by atomic mass is 10.0. The van der Waals surface area contributed by atoms with Crippen LogP contribution in [-0.4, -0.2) is 21.4 Å². The number of hydrogen-bond acceptors (Lipinski definition) is 4. The van der Waals surface area contributed by atoms with Gasteiger partial charge in [-0.15, -0.1) is 0 Å². The van der Waals surface area contributed by atoms with Crippen molar-refractivity contribution in [2.24, 2.45) is 0 Å². The molecule has 0 spiro atoms. The van der Waals surface area contributed by atoms with Gasteiger partial charge in [-0.2, -0.15) is 0 Å². The standard InChI is InChI=1S/C19H26N4O/c1-6-13-9-8-10-14(7-2)17(13)22-16-11-15(20-12-21-16)18(24)23-19(3,4)5/h8-12H,6-7H2,1-5H3,(H,23,24)(H,20,21,22). The fraction of sp³-hybridized carbons (Fsp3) is 0.421. The van der Waals surface area contributed by atoms with Crippen molar-refractivity contribution in [2.75, 3.05) is 5.32 Å². The van der Waals surface area contributed by atoms with E-state index in [0.29, 0.717) is 11.5 Å². The predicted octanol–water partition coefficient (Wildman–Crippen LogP) is 3.87. The summed E-state index contributed by atoms with van der Waals surface area (Å²) in [5.74, 6) is 0.423. The van der Waals surface area contributed by atoms with E-state index >= 15 is 0 Å². The van der Waals surface area contributed by atoms with Gasteiger partial charge in [-0.05, 0) is 44.7 Å². The van der Waals surface area contributed by atoms with Crippen molar-refractivity contribution in [1.82, 2.24) is 15.3 Å². The van der Waals surface area contributed by atoms with Crippen molar-refractivity contribution in [3.63, 3.8) is 0 Å². The van der Waals surface area contributed by atoms with Crippen LogP contribution in [0.5, 0.6) is 0 Å². The Morgan fingerprint density at radius 3 is 2.25 bits per heavy atom. The van der Waals surface area contributed by atoms with Crippen molar-refractivity contribution in [3.05, 3.63) is 47.4 Å². The van der Waals surface area contributed by atoms with Crippen LogP contribution in [0.1, 0.15) is 56.2 Å². The first-order valence-electron chi connectivity index (χ1n) is 8.36. The molecule has 0 aliphatic carbocycles. The lowest BCUT2D eigenvalue weighted by Gasteiger charge is -2.20. The third-order valence-electron chi connectivity index (χ3n) is 3.64. The molecule has 0 aliphatic rings. The molecule has 0 bridgehead atoms. The lowest BCUT2D eigenvalue weighted by molar-refractivity contribution is 0.0914. The molecule has 0 saturated heterocycles. The fourth-order valence-electron chi connectivity index (χ4n) is 2.49. The molecule has 0 saturated carbocycles. The van der Waals surface area contributed by atoms with Gasteiger partial charge in [-0.3, -0.25) is 4.79 Å². The number of nitrogens with zero attached hydrogens (tertiary/aromatic N) is 2. The lowest BCUT2D eigenvalue weighted by Crippen LogP contribution is -2.40. The summed E-state index contributed by atoms with van der Waals surface area (Å²) >= 11 is 0. The highest BCUT2D eigenvalue weighted by Gasteiger charge is 2.17. The predicted molar refractivity (Wildman–Crippen MR) is 97.7 cm³/mol. The minimum absolute atomic E-state index is 0.201. The van der Waals surface area contributed by atoms with Gasteiger partial charge in [-0.1, -0.05) is 32.0 Å². The molecular formula is C19H26N4O. The van der Waals surface area contributed by atoms with Crippen molar-refractivity contribution >= 4 is 17.4 Å². The van der Waals surface area contributed by atoms with E-state index in [2.05, 4.69) is 52.6 Å². The van der Waals surface area contributed by atoms with E-state index in [-0.39, 0.29) is 11.4 Å². The molecule has 2 aromatic rings. The second-order valence-electron chi connectivity index (χ2n) is 6.78. The molecule has 0 atom stereocenters.